The van der Waals surface area contributed by atoms with Crippen LogP contribution in [0, 0.1) is 11.3 Å². The fourth-order valence-electron chi connectivity index (χ4n) is 2.84. The highest BCUT2D eigenvalue weighted by Gasteiger charge is 2.34. The summed E-state index contributed by atoms with van der Waals surface area (Å²) < 4.78 is 5.47. The van der Waals surface area contributed by atoms with Crippen LogP contribution in [0.4, 0.5) is 0 Å². The lowest BCUT2D eigenvalue weighted by Crippen LogP contribution is -2.44. The molecular weight excluding hydrogens is 332 g/mol. The van der Waals surface area contributed by atoms with Gasteiger partial charge in [0.15, 0.2) is 0 Å². The number of hydrogen-bond donors (Lipinski definition) is 1. The van der Waals surface area contributed by atoms with Gasteiger partial charge in [-0.25, -0.2) is 0 Å². The minimum absolute atomic E-state index is 0.0537. The minimum atomic E-state index is -0.107. The molecule has 0 radical (unpaired) electrons. The van der Waals surface area contributed by atoms with Crippen LogP contribution in [-0.2, 0) is 4.74 Å². The van der Waals surface area contributed by atoms with E-state index in [0.29, 0.717) is 30.9 Å². The van der Waals surface area contributed by atoms with E-state index in [9.17, 15) is 4.79 Å². The zero-order chi connectivity index (χ0) is 17.5. The van der Waals surface area contributed by atoms with Crippen LogP contribution in [0.25, 0.3) is 0 Å². The van der Waals surface area contributed by atoms with E-state index >= 15 is 0 Å². The van der Waals surface area contributed by atoms with Gasteiger partial charge in [-0.15, -0.1) is 11.8 Å². The number of nitriles is 1. The molecule has 2 aromatic carbocycles. The van der Waals surface area contributed by atoms with E-state index in [0.717, 1.165) is 12.8 Å². The van der Waals surface area contributed by atoms with Crippen molar-refractivity contribution in [2.45, 2.75) is 22.5 Å². The van der Waals surface area contributed by atoms with Crippen LogP contribution in [0.15, 0.2) is 59.5 Å². The lowest BCUT2D eigenvalue weighted by atomic mass is 9.99. The molecule has 5 heteroatoms. The Morgan fingerprint density at radius 1 is 1.12 bits per heavy atom. The van der Waals surface area contributed by atoms with E-state index in [-0.39, 0.29) is 10.7 Å². The molecule has 3 rings (SSSR count). The van der Waals surface area contributed by atoms with Crippen molar-refractivity contribution in [3.05, 3.63) is 65.7 Å². The molecule has 0 bridgehead atoms. The summed E-state index contributed by atoms with van der Waals surface area (Å²) in [5.74, 6) is -0.107. The van der Waals surface area contributed by atoms with E-state index in [1.807, 2.05) is 30.0 Å². The number of nitrogens with one attached hydrogen (secondary N) is 1. The second-order valence-corrected chi connectivity index (χ2v) is 7.62. The van der Waals surface area contributed by atoms with Gasteiger partial charge < -0.3 is 10.1 Å². The number of benzene rings is 2. The molecule has 1 fully saturated rings. The second-order valence-electron chi connectivity index (χ2n) is 6.08. The molecule has 25 heavy (non-hydrogen) atoms. The average Bonchev–Trinajstić information content (AvgIpc) is 2.68. The summed E-state index contributed by atoms with van der Waals surface area (Å²) in [5.41, 5.74) is 1.13. The van der Waals surface area contributed by atoms with E-state index in [1.54, 1.807) is 24.3 Å². The number of ether oxygens (including phenoxy) is 1. The Hall–Kier alpha value is -2.29. The third kappa shape index (κ3) is 4.62. The molecule has 0 spiro atoms. The Morgan fingerprint density at radius 3 is 2.44 bits per heavy atom. The summed E-state index contributed by atoms with van der Waals surface area (Å²) in [6, 6.07) is 19.0. The monoisotopic (exact) mass is 352 g/mol. The number of carbonyl (C=O) groups is 1. The van der Waals surface area contributed by atoms with Gasteiger partial charge in [-0.05, 0) is 49.2 Å². The average molecular weight is 352 g/mol. The molecule has 0 aliphatic carbocycles. The molecule has 1 aliphatic rings. The first kappa shape index (κ1) is 17.5. The Morgan fingerprint density at radius 2 is 1.80 bits per heavy atom. The van der Waals surface area contributed by atoms with Crippen molar-refractivity contribution in [3.8, 4) is 6.07 Å². The number of rotatable bonds is 5. The van der Waals surface area contributed by atoms with Crippen LogP contribution in [0.2, 0.25) is 0 Å². The quantitative estimate of drug-likeness (QED) is 0.892. The lowest BCUT2D eigenvalue weighted by molar-refractivity contribution is 0.0741. The Labute approximate surface area is 152 Å². The molecule has 0 atom stereocenters. The van der Waals surface area contributed by atoms with E-state index in [1.165, 1.54) is 4.90 Å². The van der Waals surface area contributed by atoms with Gasteiger partial charge in [-0.2, -0.15) is 5.26 Å². The Kier molecular flexibility index (Phi) is 5.75. The zero-order valence-electron chi connectivity index (χ0n) is 13.9. The number of thioether (sulfide) groups is 1. The summed E-state index contributed by atoms with van der Waals surface area (Å²) in [6.45, 7) is 2.02. The zero-order valence-corrected chi connectivity index (χ0v) is 14.7. The van der Waals surface area contributed by atoms with Crippen LogP contribution >= 0.6 is 11.8 Å². The highest BCUT2D eigenvalue weighted by atomic mass is 32.2. The van der Waals surface area contributed by atoms with E-state index in [4.69, 9.17) is 10.00 Å². The maximum Gasteiger partial charge on any atom is 0.251 e. The summed E-state index contributed by atoms with van der Waals surface area (Å²) in [5, 5.41) is 11.9. The van der Waals surface area contributed by atoms with Crippen molar-refractivity contribution in [2.24, 2.45) is 0 Å². The summed E-state index contributed by atoms with van der Waals surface area (Å²) in [7, 11) is 0. The SMILES string of the molecule is N#Cc1ccc(C(=O)NCC2(Sc3ccccc3)CCOCC2)cc1. The third-order valence-electron chi connectivity index (χ3n) is 4.33. The number of amides is 1. The van der Waals surface area contributed by atoms with Crippen molar-refractivity contribution in [2.75, 3.05) is 19.8 Å². The molecule has 1 aliphatic heterocycles. The lowest BCUT2D eigenvalue weighted by Gasteiger charge is -2.36. The van der Waals surface area contributed by atoms with Crippen molar-refractivity contribution >= 4 is 17.7 Å². The largest absolute Gasteiger partial charge is 0.381 e. The number of nitrogens with zero attached hydrogens (tertiary/aromatic N) is 1. The fourth-order valence-corrected chi connectivity index (χ4v) is 4.14. The van der Waals surface area contributed by atoms with Gasteiger partial charge in [0.1, 0.15) is 0 Å². The summed E-state index contributed by atoms with van der Waals surface area (Å²) in [6.07, 6.45) is 1.81. The number of carbonyl (C=O) groups excluding carboxylic acids is 1. The smallest absolute Gasteiger partial charge is 0.251 e. The molecule has 128 valence electrons. The van der Waals surface area contributed by atoms with Crippen molar-refractivity contribution in [3.63, 3.8) is 0 Å². The van der Waals surface area contributed by atoms with Crippen LogP contribution in [0.5, 0.6) is 0 Å². The topological polar surface area (TPSA) is 62.1 Å². The maximum atomic E-state index is 12.4. The van der Waals surface area contributed by atoms with Gasteiger partial charge in [0.2, 0.25) is 0 Å². The van der Waals surface area contributed by atoms with Gasteiger partial charge >= 0.3 is 0 Å². The highest BCUT2D eigenvalue weighted by molar-refractivity contribution is 8.00. The normalized spacial score (nSPS) is 16.0. The van der Waals surface area contributed by atoms with E-state index in [2.05, 4.69) is 23.5 Å². The fraction of sp³-hybridized carbons (Fsp3) is 0.300. The molecule has 0 unspecified atom stereocenters. The van der Waals surface area contributed by atoms with Gasteiger partial charge in [0.05, 0.1) is 11.6 Å². The summed E-state index contributed by atoms with van der Waals surface area (Å²) in [4.78, 5) is 13.7. The Balaban J connectivity index is 1.67. The van der Waals surface area contributed by atoms with Gasteiger partial charge in [-0.3, -0.25) is 4.79 Å². The van der Waals surface area contributed by atoms with Crippen molar-refractivity contribution in [1.29, 1.82) is 5.26 Å². The standard InChI is InChI=1S/C20H20N2O2S/c21-14-16-6-8-17(9-7-16)19(23)22-15-20(10-12-24-13-11-20)25-18-4-2-1-3-5-18/h1-9H,10-13,15H2,(H,22,23). The van der Waals surface area contributed by atoms with Crippen molar-refractivity contribution in [1.82, 2.24) is 5.32 Å². The molecule has 1 heterocycles. The van der Waals surface area contributed by atoms with E-state index < -0.39 is 0 Å². The van der Waals surface area contributed by atoms with Gasteiger partial charge in [-0.1, -0.05) is 18.2 Å². The first-order chi connectivity index (χ1) is 12.2. The molecule has 1 saturated heterocycles. The molecule has 4 nitrogen and oxygen atoms in total. The highest BCUT2D eigenvalue weighted by Crippen LogP contribution is 2.40. The summed E-state index contributed by atoms with van der Waals surface area (Å²) >= 11 is 1.82. The van der Waals surface area contributed by atoms with Crippen LogP contribution in [-0.4, -0.2) is 30.4 Å². The first-order valence-electron chi connectivity index (χ1n) is 8.31. The number of hydrogen-bond acceptors (Lipinski definition) is 4. The Bertz CT molecular complexity index is 748. The third-order valence-corrected chi connectivity index (χ3v) is 5.82. The van der Waals surface area contributed by atoms with Crippen LogP contribution in [0.3, 0.4) is 0 Å². The predicted molar refractivity (Wildman–Crippen MR) is 98.6 cm³/mol. The predicted octanol–water partition coefficient (Wildman–Crippen LogP) is 3.63. The molecule has 0 aromatic heterocycles. The molecule has 2 aromatic rings. The van der Waals surface area contributed by atoms with Crippen LogP contribution in [0.1, 0.15) is 28.8 Å². The first-order valence-corrected chi connectivity index (χ1v) is 9.13. The molecule has 0 saturated carbocycles. The van der Waals surface area contributed by atoms with Gasteiger partial charge in [0, 0.05) is 35.0 Å². The molecule has 1 N–H and O–H groups in total. The van der Waals surface area contributed by atoms with Crippen molar-refractivity contribution < 1.29 is 9.53 Å². The second kappa shape index (κ2) is 8.19. The van der Waals surface area contributed by atoms with Gasteiger partial charge in [0.25, 0.3) is 5.91 Å². The minimum Gasteiger partial charge on any atom is -0.381 e. The maximum absolute atomic E-state index is 12.4. The van der Waals surface area contributed by atoms with Crippen LogP contribution < -0.4 is 5.32 Å². The molecule has 1 amide bonds. The molecular formula is C20H20N2O2S.